The number of thioether (sulfide) groups is 1. The number of nitrogens with one attached hydrogen (secondary N) is 3. The molecule has 13 heteroatoms. The molecule has 34 heavy (non-hydrogen) atoms. The van der Waals surface area contributed by atoms with Crippen LogP contribution in [0.1, 0.15) is 52.4 Å². The maximum absolute atomic E-state index is 12.8. The number of amides is 3. The van der Waals surface area contributed by atoms with Gasteiger partial charge in [-0.2, -0.15) is 11.8 Å². The maximum atomic E-state index is 12.8. The van der Waals surface area contributed by atoms with Crippen LogP contribution in [0.2, 0.25) is 0 Å². The van der Waals surface area contributed by atoms with Crippen LogP contribution in [0.5, 0.6) is 0 Å². The summed E-state index contributed by atoms with van der Waals surface area (Å²) in [6, 6.07) is -4.66. The second kappa shape index (κ2) is 17.1. The van der Waals surface area contributed by atoms with Gasteiger partial charge in [0.05, 0.1) is 12.5 Å². The summed E-state index contributed by atoms with van der Waals surface area (Å²) in [5.41, 5.74) is 11.3. The predicted molar refractivity (Wildman–Crippen MR) is 129 cm³/mol. The molecule has 12 nitrogen and oxygen atoms in total. The van der Waals surface area contributed by atoms with Crippen LogP contribution in [-0.2, 0) is 24.0 Å². The molecule has 0 aromatic carbocycles. The van der Waals surface area contributed by atoms with Crippen molar-refractivity contribution < 1.29 is 34.2 Å². The molecule has 0 spiro atoms. The number of carboxylic acid groups (broad SMARTS) is 2. The Bertz CT molecular complexity index is 692. The van der Waals surface area contributed by atoms with E-state index in [1.807, 2.05) is 20.1 Å². The Kier molecular flexibility index (Phi) is 15.9. The molecule has 0 aliphatic rings. The van der Waals surface area contributed by atoms with Gasteiger partial charge in [-0.25, -0.2) is 4.79 Å². The lowest BCUT2D eigenvalue weighted by Crippen LogP contribution is -2.57. The summed E-state index contributed by atoms with van der Waals surface area (Å²) < 4.78 is 0. The molecule has 196 valence electrons. The number of carbonyl (C=O) groups excluding carboxylic acids is 3. The molecule has 9 N–H and O–H groups in total. The van der Waals surface area contributed by atoms with Gasteiger partial charge in [0, 0.05) is 0 Å². The fraction of sp³-hybridized carbons (Fsp3) is 0.762. The Balaban J connectivity index is 5.49. The van der Waals surface area contributed by atoms with Crippen molar-refractivity contribution in [3.63, 3.8) is 0 Å². The van der Waals surface area contributed by atoms with Crippen molar-refractivity contribution >= 4 is 41.4 Å². The Labute approximate surface area is 204 Å². The number of rotatable bonds is 18. The van der Waals surface area contributed by atoms with E-state index in [0.717, 1.165) is 0 Å². The van der Waals surface area contributed by atoms with Crippen molar-refractivity contribution in [3.8, 4) is 0 Å². The monoisotopic (exact) mass is 505 g/mol. The number of aliphatic carboxylic acids is 2. The smallest absolute Gasteiger partial charge is 0.326 e. The average Bonchev–Trinajstić information content (AvgIpc) is 2.74. The lowest BCUT2D eigenvalue weighted by molar-refractivity contribution is -0.143. The van der Waals surface area contributed by atoms with E-state index in [-0.39, 0.29) is 18.8 Å². The molecule has 4 unspecified atom stereocenters. The van der Waals surface area contributed by atoms with Crippen LogP contribution in [0.15, 0.2) is 0 Å². The molecule has 0 radical (unpaired) electrons. The Morgan fingerprint density at radius 2 is 1.41 bits per heavy atom. The molecular formula is C21H39N5O7S. The third kappa shape index (κ3) is 13.4. The Hall–Kier alpha value is -2.38. The summed E-state index contributed by atoms with van der Waals surface area (Å²) in [6.45, 7) is 3.98. The van der Waals surface area contributed by atoms with Gasteiger partial charge in [0.15, 0.2) is 0 Å². The van der Waals surface area contributed by atoms with Crippen molar-refractivity contribution in [2.75, 3.05) is 18.6 Å². The average molecular weight is 506 g/mol. The van der Waals surface area contributed by atoms with Crippen LogP contribution in [0, 0.1) is 5.92 Å². The number of hydrogen-bond acceptors (Lipinski definition) is 8. The van der Waals surface area contributed by atoms with Crippen molar-refractivity contribution in [2.45, 2.75) is 76.5 Å². The van der Waals surface area contributed by atoms with E-state index in [2.05, 4.69) is 16.0 Å². The topological polar surface area (TPSA) is 214 Å². The van der Waals surface area contributed by atoms with Gasteiger partial charge >= 0.3 is 11.9 Å². The largest absolute Gasteiger partial charge is 0.481 e. The van der Waals surface area contributed by atoms with E-state index >= 15 is 0 Å². The lowest BCUT2D eigenvalue weighted by Gasteiger charge is -2.25. The summed E-state index contributed by atoms with van der Waals surface area (Å²) in [5.74, 6) is -4.20. The van der Waals surface area contributed by atoms with Gasteiger partial charge in [-0.15, -0.1) is 0 Å². The quantitative estimate of drug-likeness (QED) is 0.116. The highest BCUT2D eigenvalue weighted by molar-refractivity contribution is 7.98. The SMILES string of the molecule is CSCCC(N)C(=O)NC(CC(=O)O)C(=O)NC(CCCCN)C(=O)NC(CC(C)C)C(=O)O. The summed E-state index contributed by atoms with van der Waals surface area (Å²) in [4.78, 5) is 60.8. The van der Waals surface area contributed by atoms with E-state index in [0.29, 0.717) is 31.6 Å². The highest BCUT2D eigenvalue weighted by atomic mass is 32.2. The maximum Gasteiger partial charge on any atom is 0.326 e. The number of unbranched alkanes of at least 4 members (excludes halogenated alkanes) is 1. The van der Waals surface area contributed by atoms with E-state index < -0.39 is 60.2 Å². The van der Waals surface area contributed by atoms with Gasteiger partial charge in [0.2, 0.25) is 17.7 Å². The zero-order valence-electron chi connectivity index (χ0n) is 20.0. The molecule has 0 fully saturated rings. The minimum atomic E-state index is -1.46. The summed E-state index contributed by atoms with van der Waals surface area (Å²) in [5, 5.41) is 25.8. The first-order valence-electron chi connectivity index (χ1n) is 11.2. The number of hydrogen-bond donors (Lipinski definition) is 7. The zero-order chi connectivity index (χ0) is 26.3. The Morgan fingerprint density at radius 1 is 0.853 bits per heavy atom. The minimum absolute atomic E-state index is 0.00263. The van der Waals surface area contributed by atoms with Crippen molar-refractivity contribution in [1.82, 2.24) is 16.0 Å². The fourth-order valence-corrected chi connectivity index (χ4v) is 3.53. The highest BCUT2D eigenvalue weighted by Gasteiger charge is 2.31. The van der Waals surface area contributed by atoms with Crippen LogP contribution in [0.3, 0.4) is 0 Å². The molecule has 0 aliphatic heterocycles. The van der Waals surface area contributed by atoms with Gasteiger partial charge in [-0.1, -0.05) is 13.8 Å². The van der Waals surface area contributed by atoms with E-state index in [1.165, 1.54) is 11.8 Å². The second-order valence-corrected chi connectivity index (χ2v) is 9.41. The molecule has 0 aromatic rings. The van der Waals surface area contributed by atoms with Crippen LogP contribution in [0.4, 0.5) is 0 Å². The Morgan fingerprint density at radius 3 is 1.91 bits per heavy atom. The molecule has 4 atom stereocenters. The zero-order valence-corrected chi connectivity index (χ0v) is 20.9. The summed E-state index contributed by atoms with van der Waals surface area (Å²) >= 11 is 1.49. The third-order valence-electron chi connectivity index (χ3n) is 4.88. The molecule has 0 rings (SSSR count). The first-order valence-corrected chi connectivity index (χ1v) is 12.6. The molecular weight excluding hydrogens is 466 g/mol. The fourth-order valence-electron chi connectivity index (χ4n) is 3.04. The van der Waals surface area contributed by atoms with Crippen LogP contribution >= 0.6 is 11.8 Å². The third-order valence-corrected chi connectivity index (χ3v) is 5.53. The van der Waals surface area contributed by atoms with Crippen LogP contribution < -0.4 is 27.4 Å². The van der Waals surface area contributed by atoms with Crippen molar-refractivity contribution in [1.29, 1.82) is 0 Å². The van der Waals surface area contributed by atoms with Gasteiger partial charge < -0.3 is 37.6 Å². The molecule has 3 amide bonds. The van der Waals surface area contributed by atoms with Gasteiger partial charge in [0.25, 0.3) is 0 Å². The highest BCUT2D eigenvalue weighted by Crippen LogP contribution is 2.08. The number of carboxylic acids is 2. The van der Waals surface area contributed by atoms with Gasteiger partial charge in [0.1, 0.15) is 18.1 Å². The van der Waals surface area contributed by atoms with E-state index in [1.54, 1.807) is 0 Å². The first-order chi connectivity index (χ1) is 15.9. The molecule has 0 heterocycles. The standard InChI is InChI=1S/C21H39N5O7S/c1-12(2)10-16(21(32)33)26-19(30)14(6-4-5-8-22)24-20(31)15(11-17(27)28)25-18(29)13(23)7-9-34-3/h12-16H,4-11,22-23H2,1-3H3,(H,24,31)(H,25,29)(H,26,30)(H,27,28)(H,32,33). The van der Waals surface area contributed by atoms with Crippen molar-refractivity contribution in [3.05, 3.63) is 0 Å². The minimum Gasteiger partial charge on any atom is -0.481 e. The lowest BCUT2D eigenvalue weighted by atomic mass is 10.0. The molecule has 0 bridgehead atoms. The van der Waals surface area contributed by atoms with Crippen LogP contribution in [-0.4, -0.2) is 82.6 Å². The van der Waals surface area contributed by atoms with E-state index in [4.69, 9.17) is 11.5 Å². The number of nitrogens with two attached hydrogens (primary N) is 2. The first kappa shape index (κ1) is 31.6. The second-order valence-electron chi connectivity index (χ2n) is 8.42. The number of carbonyl (C=O) groups is 5. The summed E-state index contributed by atoms with van der Waals surface area (Å²) in [7, 11) is 0. The van der Waals surface area contributed by atoms with Crippen LogP contribution in [0.25, 0.3) is 0 Å². The van der Waals surface area contributed by atoms with Crippen molar-refractivity contribution in [2.24, 2.45) is 17.4 Å². The van der Waals surface area contributed by atoms with E-state index in [9.17, 15) is 34.2 Å². The molecule has 0 aromatic heterocycles. The predicted octanol–water partition coefficient (Wildman–Crippen LogP) is -0.744. The molecule has 0 saturated carbocycles. The molecule has 0 saturated heterocycles. The summed E-state index contributed by atoms with van der Waals surface area (Å²) in [6.07, 6.45) is 2.84. The molecule has 0 aliphatic carbocycles. The normalized spacial score (nSPS) is 14.5. The van der Waals surface area contributed by atoms with Gasteiger partial charge in [-0.05, 0) is 56.6 Å². The van der Waals surface area contributed by atoms with Gasteiger partial charge in [-0.3, -0.25) is 19.2 Å².